The molecular formula is C20H21NO. The van der Waals surface area contributed by atoms with Crippen LogP contribution in [0.15, 0.2) is 66.7 Å². The smallest absolute Gasteiger partial charge is 0.255 e. The van der Waals surface area contributed by atoms with Gasteiger partial charge in [-0.05, 0) is 30.0 Å². The zero-order valence-electron chi connectivity index (χ0n) is 13.3. The van der Waals surface area contributed by atoms with Gasteiger partial charge in [0.15, 0.2) is 0 Å². The molecule has 1 N–H and O–H groups in total. The van der Waals surface area contributed by atoms with Crippen LogP contribution in [0.5, 0.6) is 0 Å². The van der Waals surface area contributed by atoms with Crippen molar-refractivity contribution >= 4 is 22.4 Å². The number of carbonyl (C=O) groups excluding carboxylic acids is 1. The third-order valence-electron chi connectivity index (χ3n) is 3.43. The van der Waals surface area contributed by atoms with Crippen LogP contribution in [0, 0.1) is 6.92 Å². The van der Waals surface area contributed by atoms with Crippen molar-refractivity contribution in [3.05, 3.63) is 77.9 Å². The van der Waals surface area contributed by atoms with Gasteiger partial charge in [-0.15, -0.1) is 0 Å². The first-order chi connectivity index (χ1) is 10.8. The van der Waals surface area contributed by atoms with Crippen molar-refractivity contribution in [2.45, 2.75) is 20.8 Å². The number of amides is 1. The van der Waals surface area contributed by atoms with E-state index in [0.29, 0.717) is 5.56 Å². The lowest BCUT2D eigenvalue weighted by Crippen LogP contribution is -2.13. The average Bonchev–Trinajstić information content (AvgIpc) is 2.57. The van der Waals surface area contributed by atoms with Crippen LogP contribution >= 0.6 is 0 Å². The van der Waals surface area contributed by atoms with Crippen molar-refractivity contribution in [3.8, 4) is 0 Å². The van der Waals surface area contributed by atoms with Crippen molar-refractivity contribution in [2.75, 3.05) is 5.32 Å². The van der Waals surface area contributed by atoms with E-state index in [2.05, 4.69) is 5.32 Å². The summed E-state index contributed by atoms with van der Waals surface area (Å²) in [6.07, 6.45) is 0. The Labute approximate surface area is 131 Å². The summed E-state index contributed by atoms with van der Waals surface area (Å²) in [6, 6.07) is 21.6. The number of carbonyl (C=O) groups is 1. The molecule has 0 saturated heterocycles. The van der Waals surface area contributed by atoms with Crippen LogP contribution < -0.4 is 5.32 Å². The maximum Gasteiger partial charge on any atom is 0.255 e. The van der Waals surface area contributed by atoms with Gasteiger partial charge in [-0.2, -0.15) is 0 Å². The molecule has 2 nitrogen and oxygen atoms in total. The van der Waals surface area contributed by atoms with Crippen LogP contribution in [0.4, 0.5) is 5.69 Å². The van der Waals surface area contributed by atoms with Crippen molar-refractivity contribution in [3.63, 3.8) is 0 Å². The highest BCUT2D eigenvalue weighted by Crippen LogP contribution is 2.23. The number of aryl methyl sites for hydroxylation is 1. The van der Waals surface area contributed by atoms with Gasteiger partial charge >= 0.3 is 0 Å². The summed E-state index contributed by atoms with van der Waals surface area (Å²) in [5, 5.41) is 5.18. The van der Waals surface area contributed by atoms with Gasteiger partial charge < -0.3 is 5.32 Å². The van der Waals surface area contributed by atoms with Crippen LogP contribution in [0.2, 0.25) is 0 Å². The largest absolute Gasteiger partial charge is 0.321 e. The molecule has 0 aliphatic carbocycles. The SMILES string of the molecule is CC.Cc1ccccc1C(=O)Nc1cccc2ccccc12. The average molecular weight is 291 g/mol. The number of fused-ring (bicyclic) bond motifs is 1. The topological polar surface area (TPSA) is 29.1 Å². The number of hydrogen-bond donors (Lipinski definition) is 1. The minimum atomic E-state index is -0.0700. The van der Waals surface area contributed by atoms with E-state index in [9.17, 15) is 4.79 Å². The first-order valence-electron chi connectivity index (χ1n) is 7.60. The molecule has 0 heterocycles. The fraction of sp³-hybridized carbons (Fsp3) is 0.150. The second kappa shape index (κ2) is 7.41. The summed E-state index contributed by atoms with van der Waals surface area (Å²) in [4.78, 5) is 12.4. The fourth-order valence-electron chi connectivity index (χ4n) is 2.35. The van der Waals surface area contributed by atoms with Crippen molar-refractivity contribution < 1.29 is 4.79 Å². The predicted octanol–water partition coefficient (Wildman–Crippen LogP) is 5.43. The standard InChI is InChI=1S/C18H15NO.C2H6/c1-13-7-2-4-10-15(13)18(20)19-17-12-6-9-14-8-3-5-11-16(14)17;1-2/h2-12H,1H3,(H,19,20);1-2H3. The highest BCUT2D eigenvalue weighted by Gasteiger charge is 2.09. The second-order valence-corrected chi connectivity index (χ2v) is 4.80. The Kier molecular flexibility index (Phi) is 5.31. The first kappa shape index (κ1) is 15.8. The number of benzene rings is 3. The number of rotatable bonds is 2. The van der Waals surface area contributed by atoms with Crippen LogP contribution in [0.1, 0.15) is 29.8 Å². The fourth-order valence-corrected chi connectivity index (χ4v) is 2.35. The molecule has 0 saturated carbocycles. The Bertz CT molecular complexity index is 772. The van der Waals surface area contributed by atoms with Crippen molar-refractivity contribution in [1.82, 2.24) is 0 Å². The summed E-state index contributed by atoms with van der Waals surface area (Å²) >= 11 is 0. The van der Waals surface area contributed by atoms with E-state index in [0.717, 1.165) is 22.0 Å². The van der Waals surface area contributed by atoms with Gasteiger partial charge in [0.1, 0.15) is 0 Å². The molecule has 0 aliphatic rings. The highest BCUT2D eigenvalue weighted by atomic mass is 16.1. The molecule has 3 aromatic carbocycles. The van der Waals surface area contributed by atoms with Crippen LogP contribution in [0.25, 0.3) is 10.8 Å². The van der Waals surface area contributed by atoms with E-state index in [1.165, 1.54) is 0 Å². The lowest BCUT2D eigenvalue weighted by molar-refractivity contribution is 0.102. The lowest BCUT2D eigenvalue weighted by Gasteiger charge is -2.10. The molecule has 2 heteroatoms. The lowest BCUT2D eigenvalue weighted by atomic mass is 10.1. The molecule has 0 bridgehead atoms. The Balaban J connectivity index is 0.000000847. The monoisotopic (exact) mass is 291 g/mol. The molecule has 3 rings (SSSR count). The quantitative estimate of drug-likeness (QED) is 0.670. The zero-order valence-corrected chi connectivity index (χ0v) is 13.3. The predicted molar refractivity (Wildman–Crippen MR) is 94.4 cm³/mol. The molecule has 0 radical (unpaired) electrons. The Hall–Kier alpha value is -2.61. The Morgan fingerprint density at radius 1 is 0.818 bits per heavy atom. The van der Waals surface area contributed by atoms with E-state index in [1.54, 1.807) is 0 Å². The minimum absolute atomic E-state index is 0.0700. The normalized spacial score (nSPS) is 9.77. The number of nitrogens with one attached hydrogen (secondary N) is 1. The van der Waals surface area contributed by atoms with E-state index >= 15 is 0 Å². The molecule has 0 fully saturated rings. The van der Waals surface area contributed by atoms with E-state index in [1.807, 2.05) is 87.5 Å². The highest BCUT2D eigenvalue weighted by molar-refractivity contribution is 6.09. The second-order valence-electron chi connectivity index (χ2n) is 4.80. The van der Waals surface area contributed by atoms with E-state index in [-0.39, 0.29) is 5.91 Å². The molecule has 3 aromatic rings. The number of hydrogen-bond acceptors (Lipinski definition) is 1. The summed E-state index contributed by atoms with van der Waals surface area (Å²) in [6.45, 7) is 5.94. The maximum atomic E-state index is 12.4. The minimum Gasteiger partial charge on any atom is -0.321 e. The summed E-state index contributed by atoms with van der Waals surface area (Å²) in [5.41, 5.74) is 2.53. The number of anilines is 1. The van der Waals surface area contributed by atoms with Gasteiger partial charge in [0, 0.05) is 16.6 Å². The van der Waals surface area contributed by atoms with Gasteiger partial charge in [0.25, 0.3) is 5.91 Å². The third-order valence-corrected chi connectivity index (χ3v) is 3.43. The van der Waals surface area contributed by atoms with Crippen LogP contribution in [0.3, 0.4) is 0 Å². The van der Waals surface area contributed by atoms with Gasteiger partial charge in [-0.25, -0.2) is 0 Å². The zero-order chi connectivity index (χ0) is 15.9. The van der Waals surface area contributed by atoms with Crippen LogP contribution in [-0.2, 0) is 0 Å². The molecule has 0 aromatic heterocycles. The molecule has 22 heavy (non-hydrogen) atoms. The maximum absolute atomic E-state index is 12.4. The summed E-state index contributed by atoms with van der Waals surface area (Å²) < 4.78 is 0. The molecule has 0 unspecified atom stereocenters. The Morgan fingerprint density at radius 3 is 2.23 bits per heavy atom. The molecule has 0 spiro atoms. The van der Waals surface area contributed by atoms with Gasteiger partial charge in [-0.1, -0.05) is 68.4 Å². The molecule has 0 aliphatic heterocycles. The molecule has 0 atom stereocenters. The van der Waals surface area contributed by atoms with Gasteiger partial charge in [0.05, 0.1) is 0 Å². The van der Waals surface area contributed by atoms with Gasteiger partial charge in [0.2, 0.25) is 0 Å². The first-order valence-corrected chi connectivity index (χ1v) is 7.60. The summed E-state index contributed by atoms with van der Waals surface area (Å²) in [5.74, 6) is -0.0700. The Morgan fingerprint density at radius 2 is 1.45 bits per heavy atom. The summed E-state index contributed by atoms with van der Waals surface area (Å²) in [7, 11) is 0. The van der Waals surface area contributed by atoms with E-state index in [4.69, 9.17) is 0 Å². The van der Waals surface area contributed by atoms with Crippen molar-refractivity contribution in [2.24, 2.45) is 0 Å². The third kappa shape index (κ3) is 3.34. The van der Waals surface area contributed by atoms with Crippen LogP contribution in [-0.4, -0.2) is 5.91 Å². The molecule has 112 valence electrons. The van der Waals surface area contributed by atoms with Crippen molar-refractivity contribution in [1.29, 1.82) is 0 Å². The molecule has 1 amide bonds. The molecular weight excluding hydrogens is 270 g/mol. The van der Waals surface area contributed by atoms with Gasteiger partial charge in [-0.3, -0.25) is 4.79 Å². The van der Waals surface area contributed by atoms with E-state index < -0.39 is 0 Å².